The molecule has 0 aliphatic carbocycles. The number of rotatable bonds is 4. The highest BCUT2D eigenvalue weighted by Crippen LogP contribution is 2.29. The summed E-state index contributed by atoms with van der Waals surface area (Å²) in [5.74, 6) is -1.65. The van der Waals surface area contributed by atoms with Crippen LogP contribution in [0, 0.1) is 5.92 Å². The van der Waals surface area contributed by atoms with Crippen LogP contribution in [0.4, 0.5) is 0 Å². The van der Waals surface area contributed by atoms with Gasteiger partial charge in [-0.2, -0.15) is 0 Å². The summed E-state index contributed by atoms with van der Waals surface area (Å²) in [6.45, 7) is 3.99. The van der Waals surface area contributed by atoms with Gasteiger partial charge in [-0.1, -0.05) is 36.4 Å². The van der Waals surface area contributed by atoms with E-state index < -0.39 is 11.9 Å². The summed E-state index contributed by atoms with van der Waals surface area (Å²) in [4.78, 5) is 24.4. The smallest absolute Gasteiger partial charge is 0.308 e. The van der Waals surface area contributed by atoms with Crippen molar-refractivity contribution in [2.45, 2.75) is 12.5 Å². The molecule has 1 aromatic rings. The third-order valence-electron chi connectivity index (χ3n) is 3.21. The number of carboxylic acid groups (broad SMARTS) is 1. The Morgan fingerprint density at radius 2 is 2.11 bits per heavy atom. The number of carbonyl (C=O) groups is 2. The summed E-state index contributed by atoms with van der Waals surface area (Å²) >= 11 is 0. The zero-order valence-corrected chi connectivity index (χ0v) is 9.95. The molecular weight excluding hydrogens is 230 g/mol. The average molecular weight is 245 g/mol. The number of benzene rings is 1. The van der Waals surface area contributed by atoms with Gasteiger partial charge in [0, 0.05) is 13.0 Å². The van der Waals surface area contributed by atoms with Crippen LogP contribution < -0.4 is 0 Å². The first-order chi connectivity index (χ1) is 8.63. The van der Waals surface area contributed by atoms with Crippen molar-refractivity contribution in [2.75, 3.05) is 6.54 Å². The molecule has 0 bridgehead atoms. The van der Waals surface area contributed by atoms with Crippen LogP contribution in [-0.2, 0) is 9.59 Å². The van der Waals surface area contributed by atoms with Crippen LogP contribution in [0.2, 0.25) is 0 Å². The highest BCUT2D eigenvalue weighted by atomic mass is 16.4. The van der Waals surface area contributed by atoms with Gasteiger partial charge in [0.05, 0.1) is 12.0 Å². The van der Waals surface area contributed by atoms with Crippen molar-refractivity contribution in [1.82, 2.24) is 4.90 Å². The Morgan fingerprint density at radius 3 is 2.61 bits per heavy atom. The molecule has 94 valence electrons. The molecule has 0 aromatic heterocycles. The van der Waals surface area contributed by atoms with E-state index in [2.05, 4.69) is 6.58 Å². The highest BCUT2D eigenvalue weighted by Gasteiger charge is 2.37. The second-order valence-electron chi connectivity index (χ2n) is 4.38. The molecule has 1 aliphatic heterocycles. The Hall–Kier alpha value is -2.10. The van der Waals surface area contributed by atoms with Crippen molar-refractivity contribution in [3.63, 3.8) is 0 Å². The predicted octanol–water partition coefficient (Wildman–Crippen LogP) is 1.85. The lowest BCUT2D eigenvalue weighted by Gasteiger charge is -2.25. The Labute approximate surface area is 106 Å². The molecule has 1 aromatic carbocycles. The van der Waals surface area contributed by atoms with Gasteiger partial charge in [0.15, 0.2) is 0 Å². The van der Waals surface area contributed by atoms with Crippen LogP contribution in [0.15, 0.2) is 43.0 Å². The normalized spacial score (nSPS) is 20.8. The summed E-state index contributed by atoms with van der Waals surface area (Å²) < 4.78 is 0. The number of hydrogen-bond donors (Lipinski definition) is 1. The zero-order valence-electron chi connectivity index (χ0n) is 9.95. The number of aliphatic carboxylic acids is 1. The van der Waals surface area contributed by atoms with Gasteiger partial charge in [0.2, 0.25) is 5.91 Å². The quantitative estimate of drug-likeness (QED) is 0.823. The summed E-state index contributed by atoms with van der Waals surface area (Å²) in [5, 5.41) is 8.97. The van der Waals surface area contributed by atoms with Crippen molar-refractivity contribution in [3.05, 3.63) is 48.6 Å². The molecule has 1 heterocycles. The largest absolute Gasteiger partial charge is 0.481 e. The number of likely N-dealkylation sites (tertiary alicyclic amines) is 1. The van der Waals surface area contributed by atoms with E-state index in [1.54, 1.807) is 11.0 Å². The Bertz CT molecular complexity index is 469. The van der Waals surface area contributed by atoms with Gasteiger partial charge in [-0.3, -0.25) is 9.59 Å². The first-order valence-electron chi connectivity index (χ1n) is 5.83. The Kier molecular flexibility index (Phi) is 3.46. The SMILES string of the molecule is C=C[C@@H](c1ccccc1)N1C[C@@H](C(=O)O)CC1=O. The number of carbonyl (C=O) groups excluding carboxylic acids is 1. The number of hydrogen-bond acceptors (Lipinski definition) is 2. The van der Waals surface area contributed by atoms with Crippen molar-refractivity contribution < 1.29 is 14.7 Å². The third kappa shape index (κ3) is 2.27. The van der Waals surface area contributed by atoms with Crippen molar-refractivity contribution in [3.8, 4) is 0 Å². The van der Waals surface area contributed by atoms with E-state index in [4.69, 9.17) is 5.11 Å². The topological polar surface area (TPSA) is 57.6 Å². The second kappa shape index (κ2) is 5.04. The van der Waals surface area contributed by atoms with E-state index in [1.807, 2.05) is 30.3 Å². The van der Waals surface area contributed by atoms with Gasteiger partial charge in [-0.05, 0) is 5.56 Å². The van der Waals surface area contributed by atoms with Crippen molar-refractivity contribution in [2.24, 2.45) is 5.92 Å². The van der Waals surface area contributed by atoms with Crippen LogP contribution in [-0.4, -0.2) is 28.4 Å². The molecule has 2 atom stereocenters. The van der Waals surface area contributed by atoms with E-state index in [9.17, 15) is 9.59 Å². The average Bonchev–Trinajstić information content (AvgIpc) is 2.74. The lowest BCUT2D eigenvalue weighted by atomic mass is 10.1. The molecule has 0 spiro atoms. The fourth-order valence-electron chi connectivity index (χ4n) is 2.26. The molecule has 0 unspecified atom stereocenters. The molecule has 1 aliphatic rings. The fraction of sp³-hybridized carbons (Fsp3) is 0.286. The fourth-order valence-corrected chi connectivity index (χ4v) is 2.26. The minimum atomic E-state index is -0.915. The molecule has 1 fully saturated rings. The molecule has 1 N–H and O–H groups in total. The van der Waals surface area contributed by atoms with Gasteiger partial charge in [0.1, 0.15) is 0 Å². The maximum Gasteiger partial charge on any atom is 0.308 e. The van der Waals surface area contributed by atoms with Crippen LogP contribution in [0.25, 0.3) is 0 Å². The summed E-state index contributed by atoms with van der Waals surface area (Å²) in [6.07, 6.45) is 1.75. The molecule has 18 heavy (non-hydrogen) atoms. The van der Waals surface area contributed by atoms with Crippen molar-refractivity contribution >= 4 is 11.9 Å². The van der Waals surface area contributed by atoms with Gasteiger partial charge in [-0.15, -0.1) is 6.58 Å². The van der Waals surface area contributed by atoms with Crippen LogP contribution in [0.5, 0.6) is 0 Å². The molecule has 1 saturated heterocycles. The summed E-state index contributed by atoms with van der Waals surface area (Å²) in [6, 6.07) is 9.25. The summed E-state index contributed by atoms with van der Waals surface area (Å²) in [7, 11) is 0. The first-order valence-corrected chi connectivity index (χ1v) is 5.83. The number of carboxylic acids is 1. The molecule has 1 amide bonds. The maximum atomic E-state index is 11.9. The van der Waals surface area contributed by atoms with E-state index in [1.165, 1.54) is 0 Å². The van der Waals surface area contributed by atoms with Gasteiger partial charge in [0.25, 0.3) is 0 Å². The second-order valence-corrected chi connectivity index (χ2v) is 4.38. The van der Waals surface area contributed by atoms with E-state index >= 15 is 0 Å². The standard InChI is InChI=1S/C14H15NO3/c1-2-12(10-6-4-3-5-7-10)15-9-11(14(17)18)8-13(15)16/h2-7,11-12H,1,8-9H2,(H,17,18)/t11-,12-/m0/s1. The molecular formula is C14H15NO3. The maximum absolute atomic E-state index is 11.9. The number of amides is 1. The van der Waals surface area contributed by atoms with Crippen LogP contribution in [0.1, 0.15) is 18.0 Å². The van der Waals surface area contributed by atoms with Gasteiger partial charge in [-0.25, -0.2) is 0 Å². The zero-order chi connectivity index (χ0) is 13.1. The molecule has 4 nitrogen and oxygen atoms in total. The third-order valence-corrected chi connectivity index (χ3v) is 3.21. The van der Waals surface area contributed by atoms with E-state index in [-0.39, 0.29) is 24.9 Å². The minimum absolute atomic E-state index is 0.0759. The van der Waals surface area contributed by atoms with Crippen LogP contribution >= 0.6 is 0 Å². The number of nitrogens with zero attached hydrogens (tertiary/aromatic N) is 1. The lowest BCUT2D eigenvalue weighted by Crippen LogP contribution is -2.29. The van der Waals surface area contributed by atoms with E-state index in [0.29, 0.717) is 0 Å². The predicted molar refractivity (Wildman–Crippen MR) is 66.8 cm³/mol. The molecule has 0 radical (unpaired) electrons. The minimum Gasteiger partial charge on any atom is -0.481 e. The summed E-state index contributed by atoms with van der Waals surface area (Å²) in [5.41, 5.74) is 0.951. The molecule has 2 rings (SSSR count). The Morgan fingerprint density at radius 1 is 1.44 bits per heavy atom. The van der Waals surface area contributed by atoms with E-state index in [0.717, 1.165) is 5.56 Å². The monoisotopic (exact) mass is 245 g/mol. The highest BCUT2D eigenvalue weighted by molar-refractivity contribution is 5.86. The lowest BCUT2D eigenvalue weighted by molar-refractivity contribution is -0.141. The first kappa shape index (κ1) is 12.4. The molecule has 4 heteroatoms. The van der Waals surface area contributed by atoms with Crippen molar-refractivity contribution in [1.29, 1.82) is 0 Å². The van der Waals surface area contributed by atoms with Gasteiger partial charge < -0.3 is 10.0 Å². The Balaban J connectivity index is 2.22. The van der Waals surface area contributed by atoms with Crippen LogP contribution in [0.3, 0.4) is 0 Å². The van der Waals surface area contributed by atoms with Gasteiger partial charge >= 0.3 is 5.97 Å². The molecule has 0 saturated carbocycles.